The number of nitrogens with zero attached hydrogens (tertiary/aromatic N) is 1. The first kappa shape index (κ1) is 14.3. The second-order valence-electron chi connectivity index (χ2n) is 3.83. The van der Waals surface area contributed by atoms with E-state index in [1.807, 2.05) is 0 Å². The molecule has 3 N–H and O–H groups in total. The van der Waals surface area contributed by atoms with Crippen LogP contribution in [0.5, 0.6) is 11.5 Å². The van der Waals surface area contributed by atoms with E-state index in [-0.39, 0.29) is 22.9 Å². The minimum atomic E-state index is -0.570. The van der Waals surface area contributed by atoms with Crippen LogP contribution in [0.1, 0.15) is 5.56 Å². The normalized spacial score (nSPS) is 11.4. The Morgan fingerprint density at radius 3 is 2.55 bits per heavy atom. The number of amidine groups is 1. The predicted molar refractivity (Wildman–Crippen MR) is 73.1 cm³/mol. The van der Waals surface area contributed by atoms with Gasteiger partial charge >= 0.3 is 0 Å². The zero-order valence-corrected chi connectivity index (χ0v) is 11.6. The fraction of sp³-hybridized carbons (Fsp3) is 0. The van der Waals surface area contributed by atoms with Crippen molar-refractivity contribution in [3.63, 3.8) is 0 Å². The molecule has 4 nitrogen and oxygen atoms in total. The van der Waals surface area contributed by atoms with Gasteiger partial charge in [-0.1, -0.05) is 21.1 Å². The number of rotatable bonds is 3. The molecule has 20 heavy (non-hydrogen) atoms. The molecule has 104 valence electrons. The zero-order chi connectivity index (χ0) is 14.7. The van der Waals surface area contributed by atoms with Gasteiger partial charge in [-0.25, -0.2) is 8.78 Å². The first-order valence-corrected chi connectivity index (χ1v) is 6.20. The molecule has 0 aromatic heterocycles. The lowest BCUT2D eigenvalue weighted by atomic mass is 10.2. The highest BCUT2D eigenvalue weighted by Crippen LogP contribution is 2.28. The van der Waals surface area contributed by atoms with E-state index in [0.717, 1.165) is 18.2 Å². The fourth-order valence-electron chi connectivity index (χ4n) is 1.56. The maximum absolute atomic E-state index is 13.3. The Morgan fingerprint density at radius 1 is 1.15 bits per heavy atom. The maximum atomic E-state index is 13.3. The molecule has 0 spiro atoms. The SMILES string of the molecule is N/C(=N/O)c1cc(F)ccc1Oc1cc(F)cc(Br)c1. The molecule has 2 aromatic carbocycles. The molecule has 0 aliphatic rings. The molecule has 7 heteroatoms. The summed E-state index contributed by atoms with van der Waals surface area (Å²) in [5.41, 5.74) is 5.51. The molecule has 0 saturated heterocycles. The largest absolute Gasteiger partial charge is 0.456 e. The Hall–Kier alpha value is -2.15. The topological polar surface area (TPSA) is 67.8 Å². The van der Waals surface area contributed by atoms with Crippen molar-refractivity contribution in [1.82, 2.24) is 0 Å². The van der Waals surface area contributed by atoms with Gasteiger partial charge in [-0.05, 0) is 30.3 Å². The van der Waals surface area contributed by atoms with E-state index in [0.29, 0.717) is 4.47 Å². The summed E-state index contributed by atoms with van der Waals surface area (Å²) < 4.78 is 32.4. The number of halogens is 3. The van der Waals surface area contributed by atoms with Crippen molar-refractivity contribution in [3.05, 3.63) is 58.1 Å². The average molecular weight is 343 g/mol. The Balaban J connectivity index is 2.43. The molecular weight excluding hydrogens is 334 g/mol. The molecule has 0 saturated carbocycles. The van der Waals surface area contributed by atoms with Gasteiger partial charge < -0.3 is 15.7 Å². The van der Waals surface area contributed by atoms with Gasteiger partial charge in [-0.3, -0.25) is 0 Å². The molecule has 0 aliphatic heterocycles. The van der Waals surface area contributed by atoms with Crippen LogP contribution in [0.3, 0.4) is 0 Å². The second-order valence-corrected chi connectivity index (χ2v) is 4.75. The zero-order valence-electron chi connectivity index (χ0n) is 9.98. The van der Waals surface area contributed by atoms with Gasteiger partial charge in [0.1, 0.15) is 23.1 Å². The lowest BCUT2D eigenvalue weighted by molar-refractivity contribution is 0.318. The summed E-state index contributed by atoms with van der Waals surface area (Å²) in [6, 6.07) is 7.47. The van der Waals surface area contributed by atoms with Crippen LogP contribution in [0.15, 0.2) is 46.0 Å². The summed E-state index contributed by atoms with van der Waals surface area (Å²) in [4.78, 5) is 0. The number of nitrogens with two attached hydrogens (primary N) is 1. The third-order valence-corrected chi connectivity index (χ3v) is 2.85. The van der Waals surface area contributed by atoms with E-state index in [9.17, 15) is 8.78 Å². The Labute approximate surface area is 121 Å². The van der Waals surface area contributed by atoms with Crippen molar-refractivity contribution in [3.8, 4) is 11.5 Å². The van der Waals surface area contributed by atoms with Crippen molar-refractivity contribution >= 4 is 21.8 Å². The van der Waals surface area contributed by atoms with Crippen LogP contribution in [0.25, 0.3) is 0 Å². The van der Waals surface area contributed by atoms with Gasteiger partial charge in [-0.15, -0.1) is 0 Å². The van der Waals surface area contributed by atoms with Gasteiger partial charge in [0, 0.05) is 10.5 Å². The summed E-state index contributed by atoms with van der Waals surface area (Å²) in [6.07, 6.45) is 0. The van der Waals surface area contributed by atoms with Crippen LogP contribution < -0.4 is 10.5 Å². The number of hydrogen-bond donors (Lipinski definition) is 2. The first-order chi connectivity index (χ1) is 9.49. The molecule has 0 amide bonds. The molecule has 0 aliphatic carbocycles. The monoisotopic (exact) mass is 342 g/mol. The number of oxime groups is 1. The molecule has 0 radical (unpaired) electrons. The van der Waals surface area contributed by atoms with Gasteiger partial charge in [0.25, 0.3) is 0 Å². The van der Waals surface area contributed by atoms with Gasteiger partial charge in [0.05, 0.1) is 5.56 Å². The first-order valence-electron chi connectivity index (χ1n) is 5.41. The number of hydrogen-bond acceptors (Lipinski definition) is 3. The van der Waals surface area contributed by atoms with E-state index in [2.05, 4.69) is 21.1 Å². The molecule has 0 heterocycles. The quantitative estimate of drug-likeness (QED) is 0.387. The lowest BCUT2D eigenvalue weighted by Crippen LogP contribution is -2.14. The van der Waals surface area contributed by atoms with E-state index in [4.69, 9.17) is 15.7 Å². The standard InChI is InChI=1S/C13H9BrF2N2O2/c14-7-3-9(16)5-10(4-7)20-12-2-1-8(15)6-11(12)13(17)18-19/h1-6,19H,(H2,17,18). The number of ether oxygens (including phenoxy) is 1. The van der Waals surface area contributed by atoms with Gasteiger partial charge in [0.2, 0.25) is 0 Å². The van der Waals surface area contributed by atoms with E-state index in [1.165, 1.54) is 18.2 Å². The molecule has 0 bridgehead atoms. The smallest absolute Gasteiger partial charge is 0.173 e. The van der Waals surface area contributed by atoms with Crippen molar-refractivity contribution in [1.29, 1.82) is 0 Å². The minimum Gasteiger partial charge on any atom is -0.456 e. The van der Waals surface area contributed by atoms with E-state index < -0.39 is 11.6 Å². The maximum Gasteiger partial charge on any atom is 0.173 e. The highest BCUT2D eigenvalue weighted by atomic mass is 79.9. The molecule has 2 rings (SSSR count). The van der Waals surface area contributed by atoms with Gasteiger partial charge in [0.15, 0.2) is 5.84 Å². The van der Waals surface area contributed by atoms with Crippen LogP contribution in [0.2, 0.25) is 0 Å². The predicted octanol–water partition coefficient (Wildman–Crippen LogP) is 3.61. The molecule has 2 aromatic rings. The average Bonchev–Trinajstić information content (AvgIpc) is 2.38. The summed E-state index contributed by atoms with van der Waals surface area (Å²) in [6.45, 7) is 0. The molecule has 0 unspecified atom stereocenters. The van der Waals surface area contributed by atoms with Crippen molar-refractivity contribution in [2.24, 2.45) is 10.9 Å². The minimum absolute atomic E-state index is 0.0629. The van der Waals surface area contributed by atoms with Crippen molar-refractivity contribution < 1.29 is 18.7 Å². The second kappa shape index (κ2) is 5.87. The van der Waals surface area contributed by atoms with Crippen LogP contribution in [0, 0.1) is 11.6 Å². The van der Waals surface area contributed by atoms with Gasteiger partial charge in [-0.2, -0.15) is 0 Å². The van der Waals surface area contributed by atoms with Crippen LogP contribution in [0.4, 0.5) is 8.78 Å². The Morgan fingerprint density at radius 2 is 1.90 bits per heavy atom. The summed E-state index contributed by atoms with van der Waals surface area (Å²) >= 11 is 3.13. The highest BCUT2D eigenvalue weighted by molar-refractivity contribution is 9.10. The van der Waals surface area contributed by atoms with E-state index >= 15 is 0 Å². The molecular formula is C13H9BrF2N2O2. The third kappa shape index (κ3) is 3.24. The lowest BCUT2D eigenvalue weighted by Gasteiger charge is -2.11. The van der Waals surface area contributed by atoms with E-state index in [1.54, 1.807) is 0 Å². The summed E-state index contributed by atoms with van der Waals surface area (Å²) in [7, 11) is 0. The summed E-state index contributed by atoms with van der Waals surface area (Å²) in [5.74, 6) is -1.05. The number of benzene rings is 2. The summed E-state index contributed by atoms with van der Waals surface area (Å²) in [5, 5.41) is 11.5. The van der Waals surface area contributed by atoms with Crippen molar-refractivity contribution in [2.45, 2.75) is 0 Å². The Kier molecular flexibility index (Phi) is 4.19. The van der Waals surface area contributed by atoms with Crippen molar-refractivity contribution in [2.75, 3.05) is 0 Å². The third-order valence-electron chi connectivity index (χ3n) is 2.39. The Bertz CT molecular complexity index is 657. The highest BCUT2D eigenvalue weighted by Gasteiger charge is 2.12. The fourth-order valence-corrected chi connectivity index (χ4v) is 2.00. The van der Waals surface area contributed by atoms with Crippen LogP contribution in [-0.2, 0) is 0 Å². The molecule has 0 atom stereocenters. The van der Waals surface area contributed by atoms with Crippen LogP contribution in [-0.4, -0.2) is 11.0 Å². The van der Waals surface area contributed by atoms with Crippen LogP contribution >= 0.6 is 15.9 Å². The molecule has 0 fully saturated rings.